The summed E-state index contributed by atoms with van der Waals surface area (Å²) in [6.07, 6.45) is 3.88. The third-order valence-corrected chi connectivity index (χ3v) is 4.59. The molecular formula is C16H17ClN2O3S. The first kappa shape index (κ1) is 16.4. The van der Waals surface area contributed by atoms with Crippen LogP contribution in [-0.2, 0) is 9.53 Å². The molecule has 0 aliphatic carbocycles. The molecule has 1 amide bonds. The van der Waals surface area contributed by atoms with Crippen LogP contribution in [0.15, 0.2) is 40.1 Å². The zero-order chi connectivity index (χ0) is 16.1. The number of hydrogen-bond donors (Lipinski definition) is 1. The van der Waals surface area contributed by atoms with Gasteiger partial charge in [-0.15, -0.1) is 0 Å². The number of ether oxygens (including phenoxy) is 1. The van der Waals surface area contributed by atoms with E-state index in [1.54, 1.807) is 18.3 Å². The van der Waals surface area contributed by atoms with Crippen molar-refractivity contribution in [1.82, 2.24) is 10.3 Å². The lowest BCUT2D eigenvalue weighted by molar-refractivity contribution is -0.119. The number of carbonyl (C=O) groups is 1. The maximum atomic E-state index is 11.8. The Hall–Kier alpha value is -1.50. The zero-order valence-corrected chi connectivity index (χ0v) is 14.0. The van der Waals surface area contributed by atoms with E-state index < -0.39 is 0 Å². The maximum Gasteiger partial charge on any atom is 0.256 e. The SMILES string of the molecule is O=C(CSc1ncc(-c2ccc(Cl)cc2)o1)NC[C@@H]1CCCO1. The fourth-order valence-electron chi connectivity index (χ4n) is 2.28. The van der Waals surface area contributed by atoms with Gasteiger partial charge in [0.25, 0.3) is 5.22 Å². The van der Waals surface area contributed by atoms with Crippen molar-refractivity contribution in [3.05, 3.63) is 35.5 Å². The van der Waals surface area contributed by atoms with Gasteiger partial charge in [-0.3, -0.25) is 4.79 Å². The van der Waals surface area contributed by atoms with E-state index in [9.17, 15) is 4.79 Å². The first-order valence-corrected chi connectivity index (χ1v) is 8.80. The van der Waals surface area contributed by atoms with Crippen molar-refractivity contribution in [1.29, 1.82) is 0 Å². The average molecular weight is 353 g/mol. The van der Waals surface area contributed by atoms with Crippen molar-refractivity contribution in [3.63, 3.8) is 0 Å². The summed E-state index contributed by atoms with van der Waals surface area (Å²) in [5, 5.41) is 4.02. The van der Waals surface area contributed by atoms with E-state index in [1.165, 1.54) is 11.8 Å². The molecule has 0 bridgehead atoms. The smallest absolute Gasteiger partial charge is 0.256 e. The minimum Gasteiger partial charge on any atom is -0.431 e. The summed E-state index contributed by atoms with van der Waals surface area (Å²) >= 11 is 7.13. The van der Waals surface area contributed by atoms with Gasteiger partial charge in [0.15, 0.2) is 5.76 Å². The fourth-order valence-corrected chi connectivity index (χ4v) is 3.04. The molecule has 1 atom stereocenters. The molecule has 23 heavy (non-hydrogen) atoms. The molecule has 1 N–H and O–H groups in total. The van der Waals surface area contributed by atoms with Gasteiger partial charge < -0.3 is 14.5 Å². The molecule has 1 aliphatic heterocycles. The van der Waals surface area contributed by atoms with Crippen molar-refractivity contribution in [3.8, 4) is 11.3 Å². The summed E-state index contributed by atoms with van der Waals surface area (Å²) in [6, 6.07) is 7.33. The van der Waals surface area contributed by atoms with Gasteiger partial charge in [0.05, 0.1) is 18.1 Å². The highest BCUT2D eigenvalue weighted by atomic mass is 35.5. The first-order chi connectivity index (χ1) is 11.2. The van der Waals surface area contributed by atoms with Gasteiger partial charge in [-0.1, -0.05) is 23.4 Å². The number of nitrogens with zero attached hydrogens (tertiary/aromatic N) is 1. The molecule has 1 aromatic carbocycles. The third-order valence-electron chi connectivity index (χ3n) is 3.49. The number of halogens is 1. The van der Waals surface area contributed by atoms with Crippen molar-refractivity contribution in [2.45, 2.75) is 24.2 Å². The van der Waals surface area contributed by atoms with Crippen molar-refractivity contribution in [2.24, 2.45) is 0 Å². The molecule has 1 aromatic heterocycles. The summed E-state index contributed by atoms with van der Waals surface area (Å²) in [6.45, 7) is 1.36. The molecule has 1 saturated heterocycles. The van der Waals surface area contributed by atoms with Crippen LogP contribution in [0.2, 0.25) is 5.02 Å². The largest absolute Gasteiger partial charge is 0.431 e. The molecule has 0 saturated carbocycles. The Labute approximate surface area is 143 Å². The van der Waals surface area contributed by atoms with Gasteiger partial charge in [0.2, 0.25) is 5.91 Å². The van der Waals surface area contributed by atoms with Gasteiger partial charge in [-0.05, 0) is 37.1 Å². The van der Waals surface area contributed by atoms with Crippen molar-refractivity contribution >= 4 is 29.3 Å². The normalized spacial score (nSPS) is 17.3. The van der Waals surface area contributed by atoms with Crippen LogP contribution in [-0.4, -0.2) is 35.9 Å². The van der Waals surface area contributed by atoms with E-state index in [4.69, 9.17) is 20.8 Å². The molecule has 2 aromatic rings. The zero-order valence-electron chi connectivity index (χ0n) is 12.5. The highest BCUT2D eigenvalue weighted by Gasteiger charge is 2.16. The van der Waals surface area contributed by atoms with Gasteiger partial charge in [-0.2, -0.15) is 0 Å². The minimum atomic E-state index is -0.0447. The third kappa shape index (κ3) is 4.73. The second kappa shape index (κ2) is 7.86. The van der Waals surface area contributed by atoms with Crippen LogP contribution >= 0.6 is 23.4 Å². The minimum absolute atomic E-state index is 0.0447. The van der Waals surface area contributed by atoms with E-state index in [-0.39, 0.29) is 17.8 Å². The van der Waals surface area contributed by atoms with Crippen LogP contribution < -0.4 is 5.32 Å². The number of benzene rings is 1. The van der Waals surface area contributed by atoms with Crippen molar-refractivity contribution < 1.29 is 13.9 Å². The molecule has 0 spiro atoms. The first-order valence-electron chi connectivity index (χ1n) is 7.43. The molecule has 122 valence electrons. The summed E-state index contributed by atoms with van der Waals surface area (Å²) in [7, 11) is 0. The van der Waals surface area contributed by atoms with Crippen molar-refractivity contribution in [2.75, 3.05) is 18.9 Å². The van der Waals surface area contributed by atoms with Crippen LogP contribution in [0.1, 0.15) is 12.8 Å². The Morgan fingerprint density at radius 3 is 2.96 bits per heavy atom. The molecule has 0 radical (unpaired) electrons. The highest BCUT2D eigenvalue weighted by Crippen LogP contribution is 2.26. The number of nitrogens with one attached hydrogen (secondary N) is 1. The number of oxazole rings is 1. The summed E-state index contributed by atoms with van der Waals surface area (Å²) in [4.78, 5) is 16.0. The molecule has 1 fully saturated rings. The molecular weight excluding hydrogens is 336 g/mol. The van der Waals surface area contributed by atoms with Gasteiger partial charge >= 0.3 is 0 Å². The number of amides is 1. The molecule has 2 heterocycles. The monoisotopic (exact) mass is 352 g/mol. The predicted octanol–water partition coefficient (Wildman–Crippen LogP) is 3.38. The van der Waals surface area contributed by atoms with Gasteiger partial charge in [0, 0.05) is 23.7 Å². The standard InChI is InChI=1S/C16H17ClN2O3S/c17-12-5-3-11(4-6-12)14-9-19-16(22-14)23-10-15(20)18-8-13-2-1-7-21-13/h3-6,9,13H,1-2,7-8,10H2,(H,18,20)/t13-/m0/s1. The quantitative estimate of drug-likeness (QED) is 0.807. The number of aromatic nitrogens is 1. The second-order valence-corrected chi connectivity index (χ2v) is 6.59. The van der Waals surface area contributed by atoms with E-state index in [0.717, 1.165) is 25.0 Å². The second-order valence-electron chi connectivity index (χ2n) is 5.23. The van der Waals surface area contributed by atoms with Gasteiger partial charge in [0.1, 0.15) is 0 Å². The van der Waals surface area contributed by atoms with E-state index in [2.05, 4.69) is 10.3 Å². The summed E-state index contributed by atoms with van der Waals surface area (Å²) < 4.78 is 11.1. The Morgan fingerprint density at radius 2 is 2.22 bits per heavy atom. The highest BCUT2D eigenvalue weighted by molar-refractivity contribution is 7.99. The Kier molecular flexibility index (Phi) is 5.59. The van der Waals surface area contributed by atoms with Crippen LogP contribution in [0.5, 0.6) is 0 Å². The molecule has 1 aliphatic rings. The number of rotatable bonds is 6. The topological polar surface area (TPSA) is 64.4 Å². The van der Waals surface area contributed by atoms with Gasteiger partial charge in [-0.25, -0.2) is 4.98 Å². The average Bonchev–Trinajstić information content (AvgIpc) is 3.23. The number of carbonyl (C=O) groups excluding carboxylic acids is 1. The Morgan fingerprint density at radius 1 is 1.39 bits per heavy atom. The van der Waals surface area contributed by atoms with E-state index in [0.29, 0.717) is 22.6 Å². The molecule has 5 nitrogen and oxygen atoms in total. The van der Waals surface area contributed by atoms with Crippen LogP contribution in [0.3, 0.4) is 0 Å². The predicted molar refractivity (Wildman–Crippen MR) is 89.7 cm³/mol. The fraction of sp³-hybridized carbons (Fsp3) is 0.375. The molecule has 3 rings (SSSR count). The Bertz CT molecular complexity index is 654. The lowest BCUT2D eigenvalue weighted by atomic mass is 10.2. The van der Waals surface area contributed by atoms with E-state index in [1.807, 2.05) is 12.1 Å². The number of hydrogen-bond acceptors (Lipinski definition) is 5. The van der Waals surface area contributed by atoms with E-state index >= 15 is 0 Å². The van der Waals surface area contributed by atoms with Crippen LogP contribution in [0.4, 0.5) is 0 Å². The molecule has 0 unspecified atom stereocenters. The summed E-state index contributed by atoms with van der Waals surface area (Å²) in [5.41, 5.74) is 0.900. The summed E-state index contributed by atoms with van der Waals surface area (Å²) in [5.74, 6) is 0.883. The lowest BCUT2D eigenvalue weighted by Crippen LogP contribution is -2.32. The maximum absolute atomic E-state index is 11.8. The van der Waals surface area contributed by atoms with Crippen LogP contribution in [0.25, 0.3) is 11.3 Å². The molecule has 7 heteroatoms. The Balaban J connectivity index is 1.47. The lowest BCUT2D eigenvalue weighted by Gasteiger charge is -2.09. The number of thioether (sulfide) groups is 1. The van der Waals surface area contributed by atoms with Crippen LogP contribution in [0, 0.1) is 0 Å².